The smallest absolute Gasteiger partial charge is 0.0720 e. The summed E-state index contributed by atoms with van der Waals surface area (Å²) >= 11 is 0. The molecule has 5 fully saturated rings. The van der Waals surface area contributed by atoms with E-state index in [2.05, 4.69) is 60.6 Å². The summed E-state index contributed by atoms with van der Waals surface area (Å²) in [5, 5.41) is 8.08. The van der Waals surface area contributed by atoms with E-state index in [1.54, 1.807) is 0 Å². The minimum atomic E-state index is 0.424. The molecule has 2 heterocycles. The SMILES string of the molecule is Cc1ccc(COC2CCC3C(CCC4C(C5CCN(CCOC6CC6C)CC5)NC(C)NC34)C2)cc1. The van der Waals surface area contributed by atoms with E-state index in [1.807, 2.05) is 0 Å². The van der Waals surface area contributed by atoms with Crippen LogP contribution >= 0.6 is 0 Å². The first-order valence-electron chi connectivity index (χ1n) is 15.6. The van der Waals surface area contributed by atoms with Gasteiger partial charge in [-0.3, -0.25) is 10.6 Å². The van der Waals surface area contributed by atoms with E-state index in [4.69, 9.17) is 9.47 Å². The van der Waals surface area contributed by atoms with Gasteiger partial charge in [-0.2, -0.15) is 0 Å². The Morgan fingerprint density at radius 3 is 2.30 bits per heavy atom. The molecule has 0 bridgehead atoms. The van der Waals surface area contributed by atoms with Crippen LogP contribution in [0.2, 0.25) is 0 Å². The fourth-order valence-electron chi connectivity index (χ4n) is 8.28. The molecule has 6 rings (SSSR count). The molecule has 0 amide bonds. The Balaban J connectivity index is 0.992. The van der Waals surface area contributed by atoms with Crippen LogP contribution in [0.15, 0.2) is 24.3 Å². The van der Waals surface area contributed by atoms with Crippen molar-refractivity contribution in [2.24, 2.45) is 29.6 Å². The molecule has 9 atom stereocenters. The van der Waals surface area contributed by atoms with Crippen LogP contribution in [0.25, 0.3) is 0 Å². The van der Waals surface area contributed by atoms with Gasteiger partial charge in [-0.05, 0) is 113 Å². The Bertz CT molecular complexity index is 869. The van der Waals surface area contributed by atoms with Crippen LogP contribution in [0.4, 0.5) is 0 Å². The number of hydrogen-bond donors (Lipinski definition) is 2. The predicted molar refractivity (Wildman–Crippen MR) is 149 cm³/mol. The Kier molecular flexibility index (Phi) is 8.26. The molecule has 5 nitrogen and oxygen atoms in total. The first-order chi connectivity index (χ1) is 18.0. The molecular formula is C32H51N3O2. The van der Waals surface area contributed by atoms with Crippen LogP contribution in [-0.2, 0) is 16.1 Å². The molecule has 9 unspecified atom stereocenters. The molecule has 5 heteroatoms. The maximum absolute atomic E-state index is 6.44. The summed E-state index contributed by atoms with van der Waals surface area (Å²) in [4.78, 5) is 2.65. The Labute approximate surface area is 225 Å². The normalized spacial score (nSPS) is 40.7. The first kappa shape index (κ1) is 26.3. The van der Waals surface area contributed by atoms with E-state index in [1.165, 1.54) is 75.6 Å². The molecule has 3 saturated carbocycles. The van der Waals surface area contributed by atoms with Crippen LogP contribution in [0.3, 0.4) is 0 Å². The highest BCUT2D eigenvalue weighted by Gasteiger charge is 2.49. The zero-order valence-corrected chi connectivity index (χ0v) is 23.5. The van der Waals surface area contributed by atoms with Gasteiger partial charge in [0.1, 0.15) is 0 Å². The third-order valence-electron chi connectivity index (χ3n) is 10.7. The fraction of sp³-hybridized carbons (Fsp3) is 0.812. The number of fused-ring (bicyclic) bond motifs is 3. The van der Waals surface area contributed by atoms with Crippen LogP contribution in [-0.4, -0.2) is 61.6 Å². The molecule has 1 aromatic carbocycles. The number of benzene rings is 1. The molecule has 2 N–H and O–H groups in total. The summed E-state index contributed by atoms with van der Waals surface area (Å²) in [6, 6.07) is 10.2. The number of ether oxygens (including phenoxy) is 2. The lowest BCUT2D eigenvalue weighted by Gasteiger charge is -2.55. The Hall–Kier alpha value is -0.980. The minimum Gasteiger partial charge on any atom is -0.377 e. The highest BCUT2D eigenvalue weighted by molar-refractivity contribution is 5.20. The van der Waals surface area contributed by atoms with E-state index in [9.17, 15) is 0 Å². The lowest BCUT2D eigenvalue weighted by Crippen LogP contribution is -2.68. The van der Waals surface area contributed by atoms with Crippen molar-refractivity contribution in [1.29, 1.82) is 0 Å². The highest BCUT2D eigenvalue weighted by Crippen LogP contribution is 2.47. The zero-order chi connectivity index (χ0) is 25.4. The number of hydrogen-bond acceptors (Lipinski definition) is 5. The van der Waals surface area contributed by atoms with Crippen LogP contribution < -0.4 is 10.6 Å². The van der Waals surface area contributed by atoms with Gasteiger partial charge in [0.15, 0.2) is 0 Å². The lowest BCUT2D eigenvalue weighted by atomic mass is 9.60. The van der Waals surface area contributed by atoms with E-state index < -0.39 is 0 Å². The summed E-state index contributed by atoms with van der Waals surface area (Å²) in [5.41, 5.74) is 2.63. The van der Waals surface area contributed by atoms with Crippen molar-refractivity contribution in [2.45, 2.75) is 109 Å². The molecule has 2 aliphatic heterocycles. The average Bonchev–Trinajstić information content (AvgIpc) is 3.62. The summed E-state index contributed by atoms with van der Waals surface area (Å²) in [7, 11) is 0. The van der Waals surface area contributed by atoms with E-state index in [-0.39, 0.29) is 0 Å². The Morgan fingerprint density at radius 1 is 0.811 bits per heavy atom. The summed E-state index contributed by atoms with van der Waals surface area (Å²) in [5.74, 6) is 4.06. The molecule has 1 aromatic rings. The van der Waals surface area contributed by atoms with Gasteiger partial charge in [-0.1, -0.05) is 36.8 Å². The van der Waals surface area contributed by atoms with Crippen LogP contribution in [0.5, 0.6) is 0 Å². The van der Waals surface area contributed by atoms with E-state index in [0.29, 0.717) is 30.5 Å². The third-order valence-corrected chi connectivity index (χ3v) is 10.7. The zero-order valence-electron chi connectivity index (χ0n) is 23.5. The van der Waals surface area contributed by atoms with Gasteiger partial charge in [0.2, 0.25) is 0 Å². The number of aryl methyl sites for hydroxylation is 1. The quantitative estimate of drug-likeness (QED) is 0.509. The molecule has 0 aromatic heterocycles. The number of likely N-dealkylation sites (tertiary alicyclic amines) is 1. The molecule has 3 aliphatic carbocycles. The summed E-state index contributed by atoms with van der Waals surface area (Å²) in [6.07, 6.45) is 12.0. The molecule has 37 heavy (non-hydrogen) atoms. The molecule has 206 valence electrons. The standard InChI is InChI=1S/C32H51N3O2/c1-21-4-6-24(7-5-21)20-37-27-9-11-28-26(19-27)8-10-29-31(33-23(3)34-32(28)29)25-12-14-35(15-13-25)16-17-36-30-18-22(30)2/h4-7,22-23,25-34H,8-20H2,1-3H3. The van der Waals surface area contributed by atoms with E-state index in [0.717, 1.165) is 49.3 Å². The second-order valence-electron chi connectivity index (χ2n) is 13.3. The van der Waals surface area contributed by atoms with Crippen LogP contribution in [0.1, 0.15) is 76.3 Å². The molecular weight excluding hydrogens is 458 g/mol. The first-order valence-corrected chi connectivity index (χ1v) is 15.6. The number of rotatable bonds is 8. The lowest BCUT2D eigenvalue weighted by molar-refractivity contribution is -0.0564. The fourth-order valence-corrected chi connectivity index (χ4v) is 8.28. The van der Waals surface area contributed by atoms with Gasteiger partial charge in [-0.15, -0.1) is 0 Å². The predicted octanol–water partition coefficient (Wildman–Crippen LogP) is 5.12. The van der Waals surface area contributed by atoms with Crippen molar-refractivity contribution in [3.8, 4) is 0 Å². The van der Waals surface area contributed by atoms with Gasteiger partial charge in [0.05, 0.1) is 31.6 Å². The van der Waals surface area contributed by atoms with Crippen molar-refractivity contribution >= 4 is 0 Å². The third kappa shape index (κ3) is 6.27. The average molecular weight is 510 g/mol. The maximum atomic E-state index is 6.44. The van der Waals surface area contributed by atoms with Gasteiger partial charge >= 0.3 is 0 Å². The molecule has 0 radical (unpaired) electrons. The topological polar surface area (TPSA) is 45.8 Å². The molecule has 5 aliphatic rings. The summed E-state index contributed by atoms with van der Waals surface area (Å²) < 4.78 is 12.5. The van der Waals surface area contributed by atoms with Crippen LogP contribution in [0, 0.1) is 36.5 Å². The Morgan fingerprint density at radius 2 is 1.54 bits per heavy atom. The highest BCUT2D eigenvalue weighted by atomic mass is 16.5. The monoisotopic (exact) mass is 509 g/mol. The van der Waals surface area contributed by atoms with Crippen molar-refractivity contribution in [3.63, 3.8) is 0 Å². The maximum Gasteiger partial charge on any atom is 0.0720 e. The van der Waals surface area contributed by atoms with Gasteiger partial charge < -0.3 is 14.4 Å². The second kappa shape index (κ2) is 11.6. The second-order valence-corrected chi connectivity index (χ2v) is 13.3. The number of nitrogens with zero attached hydrogens (tertiary/aromatic N) is 1. The van der Waals surface area contributed by atoms with Crippen molar-refractivity contribution in [1.82, 2.24) is 15.5 Å². The number of nitrogens with one attached hydrogen (secondary N) is 2. The molecule has 2 saturated heterocycles. The van der Waals surface area contributed by atoms with Crippen molar-refractivity contribution in [3.05, 3.63) is 35.4 Å². The van der Waals surface area contributed by atoms with Gasteiger partial charge in [0, 0.05) is 18.6 Å². The van der Waals surface area contributed by atoms with Gasteiger partial charge in [0.25, 0.3) is 0 Å². The molecule has 0 spiro atoms. The summed E-state index contributed by atoms with van der Waals surface area (Å²) in [6.45, 7) is 12.1. The minimum absolute atomic E-state index is 0.424. The van der Waals surface area contributed by atoms with Crippen molar-refractivity contribution in [2.75, 3.05) is 26.2 Å². The van der Waals surface area contributed by atoms with Crippen molar-refractivity contribution < 1.29 is 9.47 Å². The largest absolute Gasteiger partial charge is 0.377 e. The number of piperidine rings is 1. The van der Waals surface area contributed by atoms with E-state index >= 15 is 0 Å². The van der Waals surface area contributed by atoms with Gasteiger partial charge in [-0.25, -0.2) is 0 Å².